The summed E-state index contributed by atoms with van der Waals surface area (Å²) in [6, 6.07) is 3.64. The smallest absolute Gasteiger partial charge is 0.306 e. The molecule has 1 aromatic rings. The van der Waals surface area contributed by atoms with Crippen molar-refractivity contribution in [2.24, 2.45) is 0 Å². The Labute approximate surface area is 76.3 Å². The molecule has 5 heteroatoms. The minimum atomic E-state index is -3.53. The highest BCUT2D eigenvalue weighted by Crippen LogP contribution is 2.19. The molecule has 0 aliphatic carbocycles. The molecule has 0 bridgehead atoms. The van der Waals surface area contributed by atoms with E-state index in [0.717, 1.165) is 12.3 Å². The minimum Gasteiger partial charge on any atom is -0.382 e. The first-order valence-electron chi connectivity index (χ1n) is 3.54. The van der Waals surface area contributed by atoms with Gasteiger partial charge in [-0.3, -0.25) is 0 Å². The van der Waals surface area contributed by atoms with Crippen molar-refractivity contribution in [3.05, 3.63) is 29.6 Å². The van der Waals surface area contributed by atoms with Gasteiger partial charge < -0.3 is 4.18 Å². The first-order valence-corrected chi connectivity index (χ1v) is 5.36. The fourth-order valence-corrected chi connectivity index (χ4v) is 1.38. The van der Waals surface area contributed by atoms with E-state index in [0.29, 0.717) is 5.56 Å². The third kappa shape index (κ3) is 3.02. The van der Waals surface area contributed by atoms with Crippen molar-refractivity contribution in [2.75, 3.05) is 6.26 Å². The van der Waals surface area contributed by atoms with Crippen LogP contribution in [0.3, 0.4) is 0 Å². The molecule has 72 valence electrons. The lowest BCUT2D eigenvalue weighted by molar-refractivity contribution is 0.489. The summed E-state index contributed by atoms with van der Waals surface area (Å²) in [6.07, 6.45) is 0.940. The highest BCUT2D eigenvalue weighted by atomic mass is 32.2. The molecule has 0 amide bonds. The maximum atomic E-state index is 12.6. The number of benzene rings is 1. The topological polar surface area (TPSA) is 43.4 Å². The fourth-order valence-electron chi connectivity index (χ4n) is 0.869. The molecule has 1 rings (SSSR count). The van der Waals surface area contributed by atoms with Crippen LogP contribution in [0.5, 0.6) is 5.75 Å². The van der Waals surface area contributed by atoms with E-state index in [2.05, 4.69) is 4.18 Å². The van der Waals surface area contributed by atoms with Crippen LogP contribution in [0.1, 0.15) is 5.56 Å². The number of rotatable bonds is 2. The van der Waals surface area contributed by atoms with Crippen LogP contribution in [0.4, 0.5) is 4.39 Å². The summed E-state index contributed by atoms with van der Waals surface area (Å²) in [5, 5.41) is 0. The van der Waals surface area contributed by atoms with Gasteiger partial charge in [0.05, 0.1) is 6.26 Å². The maximum absolute atomic E-state index is 12.6. The van der Waals surface area contributed by atoms with E-state index in [9.17, 15) is 12.8 Å². The molecular weight excluding hydrogens is 195 g/mol. The highest BCUT2D eigenvalue weighted by Gasteiger charge is 2.07. The van der Waals surface area contributed by atoms with Crippen molar-refractivity contribution in [1.82, 2.24) is 0 Å². The first kappa shape index (κ1) is 9.98. The van der Waals surface area contributed by atoms with E-state index in [-0.39, 0.29) is 5.75 Å². The van der Waals surface area contributed by atoms with Crippen LogP contribution in [-0.2, 0) is 10.1 Å². The van der Waals surface area contributed by atoms with E-state index in [1.807, 2.05) is 0 Å². The Balaban J connectivity index is 3.04. The molecule has 0 aliphatic heterocycles. The van der Waals surface area contributed by atoms with Gasteiger partial charge in [0, 0.05) is 0 Å². The van der Waals surface area contributed by atoms with Gasteiger partial charge >= 0.3 is 10.1 Å². The molecule has 0 spiro atoms. The Morgan fingerprint density at radius 1 is 1.38 bits per heavy atom. The van der Waals surface area contributed by atoms with E-state index in [1.54, 1.807) is 6.92 Å². The Morgan fingerprint density at radius 3 is 2.46 bits per heavy atom. The van der Waals surface area contributed by atoms with Crippen molar-refractivity contribution in [3.8, 4) is 5.75 Å². The summed E-state index contributed by atoms with van der Waals surface area (Å²) in [7, 11) is -3.53. The van der Waals surface area contributed by atoms with Crippen LogP contribution < -0.4 is 4.18 Å². The molecular formula is C8H9FO3S. The molecule has 13 heavy (non-hydrogen) atoms. The maximum Gasteiger partial charge on any atom is 0.306 e. The molecule has 0 fully saturated rings. The Morgan fingerprint density at radius 2 is 2.00 bits per heavy atom. The molecule has 0 N–H and O–H groups in total. The third-order valence-electron chi connectivity index (χ3n) is 1.38. The Kier molecular flexibility index (Phi) is 2.56. The summed E-state index contributed by atoms with van der Waals surface area (Å²) in [5.74, 6) is -0.262. The van der Waals surface area contributed by atoms with Crippen LogP contribution in [-0.4, -0.2) is 14.7 Å². The molecule has 0 aromatic heterocycles. The van der Waals surface area contributed by atoms with Gasteiger partial charge in [0.15, 0.2) is 0 Å². The predicted octanol–water partition coefficient (Wildman–Crippen LogP) is 1.47. The SMILES string of the molecule is Cc1cc(F)ccc1OS(C)(=O)=O. The van der Waals surface area contributed by atoms with E-state index < -0.39 is 15.9 Å². The zero-order valence-corrected chi connectivity index (χ0v) is 8.06. The number of hydrogen-bond donors (Lipinski definition) is 0. The molecule has 3 nitrogen and oxygen atoms in total. The molecule has 0 saturated heterocycles. The van der Waals surface area contributed by atoms with E-state index >= 15 is 0 Å². The Bertz CT molecular complexity index is 411. The summed E-state index contributed by atoms with van der Waals surface area (Å²) < 4.78 is 38.6. The second-order valence-corrected chi connectivity index (χ2v) is 4.27. The molecule has 1 aromatic carbocycles. The van der Waals surface area contributed by atoms with Crippen molar-refractivity contribution >= 4 is 10.1 Å². The van der Waals surface area contributed by atoms with Crippen LogP contribution in [0.15, 0.2) is 18.2 Å². The van der Waals surface area contributed by atoms with Gasteiger partial charge in [-0.1, -0.05) is 0 Å². The van der Waals surface area contributed by atoms with Crippen LogP contribution in [0, 0.1) is 12.7 Å². The highest BCUT2D eigenvalue weighted by molar-refractivity contribution is 7.86. The summed E-state index contributed by atoms with van der Waals surface area (Å²) in [6.45, 7) is 1.57. The van der Waals surface area contributed by atoms with Crippen molar-refractivity contribution in [3.63, 3.8) is 0 Å². The second-order valence-electron chi connectivity index (χ2n) is 2.70. The lowest BCUT2D eigenvalue weighted by Crippen LogP contribution is -2.06. The van der Waals surface area contributed by atoms with Gasteiger partial charge in [-0.15, -0.1) is 0 Å². The van der Waals surface area contributed by atoms with Gasteiger partial charge in [-0.2, -0.15) is 8.42 Å². The monoisotopic (exact) mass is 204 g/mol. The van der Waals surface area contributed by atoms with Gasteiger partial charge in [0.25, 0.3) is 0 Å². The van der Waals surface area contributed by atoms with Crippen LogP contribution in [0.2, 0.25) is 0 Å². The fraction of sp³-hybridized carbons (Fsp3) is 0.250. The molecule has 0 saturated carbocycles. The standard InChI is InChI=1S/C8H9FO3S/c1-6-5-7(9)3-4-8(6)12-13(2,10)11/h3-5H,1-2H3. The molecule has 0 heterocycles. The normalized spacial score (nSPS) is 11.3. The first-order chi connectivity index (χ1) is 5.88. The number of hydrogen-bond acceptors (Lipinski definition) is 3. The van der Waals surface area contributed by atoms with Crippen molar-refractivity contribution in [1.29, 1.82) is 0 Å². The van der Waals surface area contributed by atoms with Gasteiger partial charge in [0.1, 0.15) is 11.6 Å². The van der Waals surface area contributed by atoms with Gasteiger partial charge in [0.2, 0.25) is 0 Å². The summed E-state index contributed by atoms with van der Waals surface area (Å²) in [4.78, 5) is 0. The lowest BCUT2D eigenvalue weighted by atomic mass is 10.2. The average molecular weight is 204 g/mol. The van der Waals surface area contributed by atoms with Gasteiger partial charge in [-0.25, -0.2) is 4.39 Å². The van der Waals surface area contributed by atoms with Crippen molar-refractivity contribution in [2.45, 2.75) is 6.92 Å². The zero-order valence-electron chi connectivity index (χ0n) is 7.24. The van der Waals surface area contributed by atoms with E-state index in [1.165, 1.54) is 12.1 Å². The van der Waals surface area contributed by atoms with E-state index in [4.69, 9.17) is 0 Å². The molecule has 0 radical (unpaired) electrons. The number of aryl methyl sites for hydroxylation is 1. The summed E-state index contributed by atoms with van der Waals surface area (Å²) in [5.41, 5.74) is 0.449. The summed E-state index contributed by atoms with van der Waals surface area (Å²) >= 11 is 0. The average Bonchev–Trinajstić information content (AvgIpc) is 1.93. The lowest BCUT2D eigenvalue weighted by Gasteiger charge is -2.05. The third-order valence-corrected chi connectivity index (χ3v) is 1.86. The largest absolute Gasteiger partial charge is 0.382 e. The Hall–Kier alpha value is -1.10. The quantitative estimate of drug-likeness (QED) is 0.685. The molecule has 0 unspecified atom stereocenters. The zero-order chi connectivity index (χ0) is 10.1. The van der Waals surface area contributed by atoms with Crippen LogP contribution in [0.25, 0.3) is 0 Å². The van der Waals surface area contributed by atoms with Gasteiger partial charge in [-0.05, 0) is 30.7 Å². The second kappa shape index (κ2) is 3.33. The molecule has 0 aliphatic rings. The van der Waals surface area contributed by atoms with Crippen molar-refractivity contribution < 1.29 is 17.0 Å². The number of halogens is 1. The predicted molar refractivity (Wildman–Crippen MR) is 46.6 cm³/mol. The van der Waals surface area contributed by atoms with Crippen LogP contribution >= 0.6 is 0 Å². The molecule has 0 atom stereocenters. The minimum absolute atomic E-state index is 0.156.